The van der Waals surface area contributed by atoms with E-state index in [1.54, 1.807) is 14.0 Å². The fraction of sp³-hybridized carbons (Fsp3) is 0.412. The number of imide groups is 1. The zero-order valence-electron chi connectivity index (χ0n) is 15.6. The summed E-state index contributed by atoms with van der Waals surface area (Å²) in [6, 6.07) is 9.08. The molecule has 0 saturated carbocycles. The predicted molar refractivity (Wildman–Crippen MR) is 101 cm³/mol. The Hall–Kier alpha value is -2.95. The van der Waals surface area contributed by atoms with Crippen LogP contribution in [-0.2, 0) is 23.1 Å². The van der Waals surface area contributed by atoms with E-state index in [1.807, 2.05) is 30.3 Å². The number of amides is 4. The Labute approximate surface area is 166 Å². The minimum atomic E-state index is -1.06. The van der Waals surface area contributed by atoms with Crippen LogP contribution in [0.3, 0.4) is 0 Å². The first-order chi connectivity index (χ1) is 13.4. The molecule has 2 heterocycles. The number of hydrazine groups is 1. The van der Waals surface area contributed by atoms with E-state index in [0.29, 0.717) is 23.8 Å². The Morgan fingerprint density at radius 2 is 2.04 bits per heavy atom. The maximum atomic E-state index is 12.7. The van der Waals surface area contributed by atoms with Crippen LogP contribution in [0.2, 0.25) is 0 Å². The van der Waals surface area contributed by atoms with Gasteiger partial charge in [-0.05, 0) is 35.8 Å². The number of rotatable bonds is 8. The number of hydrogen-bond donors (Lipinski definition) is 2. The highest BCUT2D eigenvalue weighted by Gasteiger charge is 2.48. The molecule has 1 fully saturated rings. The van der Waals surface area contributed by atoms with Crippen molar-refractivity contribution in [1.29, 1.82) is 0 Å². The quantitative estimate of drug-likeness (QED) is 0.490. The summed E-state index contributed by atoms with van der Waals surface area (Å²) in [5, 5.41) is 15.0. The summed E-state index contributed by atoms with van der Waals surface area (Å²) in [6.45, 7) is 1.67. The highest BCUT2D eigenvalue weighted by atomic mass is 32.2. The largest absolute Gasteiger partial charge is 0.344 e. The lowest BCUT2D eigenvalue weighted by atomic mass is 9.93. The Kier molecular flexibility index (Phi) is 5.93. The van der Waals surface area contributed by atoms with Gasteiger partial charge in [0.05, 0.1) is 0 Å². The van der Waals surface area contributed by atoms with Gasteiger partial charge in [0.25, 0.3) is 5.91 Å². The van der Waals surface area contributed by atoms with E-state index in [4.69, 9.17) is 0 Å². The summed E-state index contributed by atoms with van der Waals surface area (Å²) >= 11 is 1.31. The normalized spacial score (nSPS) is 19.0. The van der Waals surface area contributed by atoms with Crippen LogP contribution in [0.25, 0.3) is 0 Å². The molecular formula is C17H21N7O3S. The highest BCUT2D eigenvalue weighted by molar-refractivity contribution is 7.99. The second-order valence-electron chi connectivity index (χ2n) is 6.61. The highest BCUT2D eigenvalue weighted by Crippen LogP contribution is 2.22. The average molecular weight is 403 g/mol. The van der Waals surface area contributed by atoms with E-state index < -0.39 is 23.4 Å². The van der Waals surface area contributed by atoms with Gasteiger partial charge in [0, 0.05) is 19.2 Å². The first-order valence-electron chi connectivity index (χ1n) is 8.74. The summed E-state index contributed by atoms with van der Waals surface area (Å²) in [6.07, 6.45) is 1.17. The number of nitrogens with zero attached hydrogens (tertiary/aromatic N) is 5. The molecule has 3 rings (SSSR count). The van der Waals surface area contributed by atoms with Gasteiger partial charge in [-0.25, -0.2) is 9.48 Å². The van der Waals surface area contributed by atoms with Crippen molar-refractivity contribution in [3.05, 3.63) is 35.9 Å². The summed E-state index contributed by atoms with van der Waals surface area (Å²) in [7, 11) is 1.70. The SMILES string of the molecule is Cn1nnnc1SCCC(=O)NN1C(=O)NC(C)(CCc2ccccc2)C1=O. The number of benzene rings is 1. The van der Waals surface area contributed by atoms with Crippen molar-refractivity contribution >= 4 is 29.6 Å². The van der Waals surface area contributed by atoms with Gasteiger partial charge >= 0.3 is 6.03 Å². The maximum Gasteiger partial charge on any atom is 0.344 e. The summed E-state index contributed by atoms with van der Waals surface area (Å²) in [5.41, 5.74) is 2.40. The second kappa shape index (κ2) is 8.38. The van der Waals surface area contributed by atoms with Gasteiger partial charge in [0.1, 0.15) is 5.54 Å². The van der Waals surface area contributed by atoms with Gasteiger partial charge in [-0.15, -0.1) is 5.10 Å². The summed E-state index contributed by atoms with van der Waals surface area (Å²) in [5.74, 6) is -0.486. The molecular weight excluding hydrogens is 382 g/mol. The third kappa shape index (κ3) is 4.47. The van der Waals surface area contributed by atoms with Gasteiger partial charge in [0.2, 0.25) is 11.1 Å². The van der Waals surface area contributed by atoms with Crippen LogP contribution in [0.15, 0.2) is 35.5 Å². The van der Waals surface area contributed by atoms with Crippen LogP contribution < -0.4 is 10.7 Å². The van der Waals surface area contributed by atoms with E-state index in [0.717, 1.165) is 10.6 Å². The molecule has 1 aliphatic heterocycles. The lowest BCUT2D eigenvalue weighted by Crippen LogP contribution is -2.49. The number of thioether (sulfide) groups is 1. The molecule has 28 heavy (non-hydrogen) atoms. The first kappa shape index (κ1) is 19.8. The zero-order valence-corrected chi connectivity index (χ0v) is 16.4. The lowest BCUT2D eigenvalue weighted by Gasteiger charge is -2.21. The van der Waals surface area contributed by atoms with Crippen LogP contribution in [-0.4, -0.2) is 54.4 Å². The van der Waals surface area contributed by atoms with E-state index in [1.165, 1.54) is 16.4 Å². The topological polar surface area (TPSA) is 122 Å². The Bertz CT molecular complexity index is 873. The number of aryl methyl sites for hydroxylation is 2. The molecule has 4 amide bonds. The molecule has 1 aliphatic rings. The molecule has 1 aromatic carbocycles. The van der Waals surface area contributed by atoms with Gasteiger partial charge < -0.3 is 5.32 Å². The van der Waals surface area contributed by atoms with Gasteiger partial charge in [0.15, 0.2) is 0 Å². The number of nitrogens with one attached hydrogen (secondary N) is 2. The maximum absolute atomic E-state index is 12.7. The standard InChI is InChI=1S/C17H21N7O3S/c1-17(10-8-12-6-4-3-5-7-12)14(26)24(15(27)18-17)20-13(25)9-11-28-16-19-21-22-23(16)2/h3-7H,8-11H2,1-2H3,(H,18,27)(H,20,25). The first-order valence-corrected chi connectivity index (χ1v) is 9.73. The number of carbonyl (C=O) groups excluding carboxylic acids is 3. The van der Waals surface area contributed by atoms with E-state index in [9.17, 15) is 14.4 Å². The fourth-order valence-corrected chi connectivity index (χ4v) is 3.54. The average Bonchev–Trinajstić information content (AvgIpc) is 3.17. The lowest BCUT2D eigenvalue weighted by molar-refractivity contribution is -0.138. The predicted octanol–water partition coefficient (Wildman–Crippen LogP) is 0.667. The molecule has 1 unspecified atom stereocenters. The van der Waals surface area contributed by atoms with Gasteiger partial charge in [-0.1, -0.05) is 42.1 Å². The van der Waals surface area contributed by atoms with Crippen LogP contribution >= 0.6 is 11.8 Å². The molecule has 1 aromatic heterocycles. The van der Waals surface area contributed by atoms with E-state index in [-0.39, 0.29) is 6.42 Å². The number of carbonyl (C=O) groups is 3. The number of urea groups is 1. The number of tetrazole rings is 1. The molecule has 2 aromatic rings. The Balaban J connectivity index is 1.51. The smallest absolute Gasteiger partial charge is 0.322 e. The monoisotopic (exact) mass is 403 g/mol. The number of aromatic nitrogens is 4. The van der Waals surface area contributed by atoms with Crippen LogP contribution in [0.5, 0.6) is 0 Å². The molecule has 0 aliphatic carbocycles. The van der Waals surface area contributed by atoms with Crippen molar-refractivity contribution in [1.82, 2.24) is 36.0 Å². The zero-order chi connectivity index (χ0) is 20.1. The van der Waals surface area contributed by atoms with Crippen molar-refractivity contribution in [2.24, 2.45) is 7.05 Å². The fourth-order valence-electron chi connectivity index (χ4n) is 2.75. The molecule has 2 N–H and O–H groups in total. The molecule has 0 bridgehead atoms. The molecule has 0 spiro atoms. The Morgan fingerprint density at radius 3 is 2.71 bits per heavy atom. The van der Waals surface area contributed by atoms with Crippen molar-refractivity contribution in [2.45, 2.75) is 36.9 Å². The van der Waals surface area contributed by atoms with E-state index in [2.05, 4.69) is 26.3 Å². The van der Waals surface area contributed by atoms with Crippen LogP contribution in [0.1, 0.15) is 25.3 Å². The third-order valence-electron chi connectivity index (χ3n) is 4.40. The van der Waals surface area contributed by atoms with Crippen molar-refractivity contribution < 1.29 is 14.4 Å². The van der Waals surface area contributed by atoms with Crippen molar-refractivity contribution in [2.75, 3.05) is 5.75 Å². The summed E-state index contributed by atoms with van der Waals surface area (Å²) < 4.78 is 1.50. The summed E-state index contributed by atoms with van der Waals surface area (Å²) in [4.78, 5) is 37.0. The van der Waals surface area contributed by atoms with Gasteiger partial charge in [-0.2, -0.15) is 5.01 Å². The Morgan fingerprint density at radius 1 is 1.29 bits per heavy atom. The molecule has 148 valence electrons. The van der Waals surface area contributed by atoms with Crippen molar-refractivity contribution in [3.8, 4) is 0 Å². The third-order valence-corrected chi connectivity index (χ3v) is 5.41. The van der Waals surface area contributed by atoms with E-state index >= 15 is 0 Å². The molecule has 10 nitrogen and oxygen atoms in total. The molecule has 1 atom stereocenters. The minimum Gasteiger partial charge on any atom is -0.322 e. The molecule has 1 saturated heterocycles. The molecule has 11 heteroatoms. The van der Waals surface area contributed by atoms with Gasteiger partial charge in [-0.3, -0.25) is 15.0 Å². The second-order valence-corrected chi connectivity index (χ2v) is 7.67. The van der Waals surface area contributed by atoms with Crippen LogP contribution in [0.4, 0.5) is 4.79 Å². The number of hydrogen-bond acceptors (Lipinski definition) is 7. The van der Waals surface area contributed by atoms with Crippen LogP contribution in [0, 0.1) is 0 Å². The minimum absolute atomic E-state index is 0.106. The molecule has 0 radical (unpaired) electrons. The van der Waals surface area contributed by atoms with Crippen molar-refractivity contribution in [3.63, 3.8) is 0 Å².